The minimum absolute atomic E-state index is 0.117. The van der Waals surface area contributed by atoms with Gasteiger partial charge in [-0.3, -0.25) is 15.6 Å². The lowest BCUT2D eigenvalue weighted by atomic mass is 9.82. The van der Waals surface area contributed by atoms with Gasteiger partial charge in [0.1, 0.15) is 33.6 Å². The zero-order chi connectivity index (χ0) is 23.7. The molecule has 0 spiro atoms. The number of nitrogens with one attached hydrogen (secondary N) is 3. The molecule has 1 aromatic heterocycles. The number of hydrogen-bond donors (Lipinski definition) is 4. The third-order valence-corrected chi connectivity index (χ3v) is 9.19. The normalized spacial score (nSPS) is 32.5. The lowest BCUT2D eigenvalue weighted by Gasteiger charge is -2.61. The zero-order valence-corrected chi connectivity index (χ0v) is 19.3. The molecule has 0 unspecified atom stereocenters. The molecule has 0 aromatic carbocycles. The largest absolute Gasteiger partial charge is 0.423 e. The molecule has 4 bridgehead atoms. The molecule has 4 heterocycles. The molecule has 176 valence electrons. The Kier molecular flexibility index (Phi) is 4.96. The van der Waals surface area contributed by atoms with Crippen LogP contribution in [0.15, 0.2) is 17.1 Å². The van der Waals surface area contributed by atoms with Crippen molar-refractivity contribution in [2.45, 2.75) is 67.8 Å². The van der Waals surface area contributed by atoms with Crippen molar-refractivity contribution >= 4 is 33.7 Å². The van der Waals surface area contributed by atoms with Crippen LogP contribution in [0.2, 0.25) is 0 Å². The molecule has 3 atom stereocenters. The Morgan fingerprint density at radius 1 is 1.22 bits per heavy atom. The fourth-order valence-electron chi connectivity index (χ4n) is 4.45. The monoisotopic (exact) mass is 472 g/mol. The van der Waals surface area contributed by atoms with Gasteiger partial charge in [0.15, 0.2) is 5.72 Å². The van der Waals surface area contributed by atoms with E-state index in [2.05, 4.69) is 20.9 Å². The molecule has 12 heteroatoms. The van der Waals surface area contributed by atoms with Crippen LogP contribution in [-0.2, 0) is 10.3 Å². The number of alkyl halides is 2. The van der Waals surface area contributed by atoms with Gasteiger partial charge in [-0.05, 0) is 46.8 Å². The fourth-order valence-corrected chi connectivity index (χ4v) is 7.38. The van der Waals surface area contributed by atoms with Gasteiger partial charge in [-0.25, -0.2) is 22.9 Å². The molecule has 0 fully saturated rings. The number of carbonyl (C=O) groups is 1. The van der Waals surface area contributed by atoms with Crippen molar-refractivity contribution in [3.8, 4) is 0 Å². The second kappa shape index (κ2) is 6.91. The van der Waals surface area contributed by atoms with Crippen LogP contribution in [0.5, 0.6) is 0 Å². The van der Waals surface area contributed by atoms with Gasteiger partial charge >= 0.3 is 6.09 Å². The fraction of sp³-hybridized carbons (Fsp3) is 0.600. The van der Waals surface area contributed by atoms with E-state index in [0.29, 0.717) is 0 Å². The van der Waals surface area contributed by atoms with Gasteiger partial charge < -0.3 is 15.8 Å². The minimum Gasteiger partial charge on any atom is -0.423 e. The molecular weight excluding hydrogens is 445 g/mol. The first-order valence-electron chi connectivity index (χ1n) is 10.1. The van der Waals surface area contributed by atoms with Gasteiger partial charge in [0.05, 0.1) is 11.3 Å². The minimum atomic E-state index is -3.23. The van der Waals surface area contributed by atoms with Gasteiger partial charge in [0.25, 0.3) is 5.92 Å². The number of rotatable bonds is 3. The number of hydrogen-bond acceptors (Lipinski definition) is 7. The van der Waals surface area contributed by atoms with Gasteiger partial charge in [-0.2, -0.15) is 0 Å². The summed E-state index contributed by atoms with van der Waals surface area (Å²) in [4.78, 5) is 20.4. The Bertz CT molecular complexity index is 1060. The van der Waals surface area contributed by atoms with E-state index in [4.69, 9.17) is 15.5 Å². The van der Waals surface area contributed by atoms with Crippen LogP contribution in [0.4, 0.5) is 23.8 Å². The van der Waals surface area contributed by atoms with Crippen molar-refractivity contribution in [1.29, 1.82) is 0 Å². The number of nitrogens with two attached hydrogens (primary N) is 1. The molecular formula is C20H27F3N6O2S. The lowest BCUT2D eigenvalue weighted by Crippen LogP contribution is -2.72. The highest BCUT2D eigenvalue weighted by Crippen LogP contribution is 2.62. The maximum Gasteiger partial charge on any atom is 0.414 e. The Morgan fingerprint density at radius 3 is 2.50 bits per heavy atom. The Labute approximate surface area is 186 Å². The highest BCUT2D eigenvalue weighted by atomic mass is 32.2. The maximum absolute atomic E-state index is 15.2. The Hall–Kier alpha value is -2.18. The van der Waals surface area contributed by atoms with Crippen molar-refractivity contribution in [3.63, 3.8) is 0 Å². The number of anilines is 1. The van der Waals surface area contributed by atoms with Gasteiger partial charge in [-0.15, -0.1) is 10.5 Å². The maximum atomic E-state index is 15.2. The van der Waals surface area contributed by atoms with Crippen LogP contribution in [0.25, 0.3) is 0 Å². The number of amides is 1. The molecule has 4 rings (SSSR count). The first kappa shape index (κ1) is 23.0. The van der Waals surface area contributed by atoms with Crippen molar-refractivity contribution in [3.05, 3.63) is 23.6 Å². The van der Waals surface area contributed by atoms with Crippen LogP contribution >= 0.6 is 10.5 Å². The number of cyclic esters (lactones) is 1. The van der Waals surface area contributed by atoms with E-state index in [-0.39, 0.29) is 17.3 Å². The highest BCUT2D eigenvalue weighted by molar-refractivity contribution is 8.19. The number of carbonyl (C=O) groups excluding carboxylic acids is 1. The molecule has 0 saturated heterocycles. The quantitative estimate of drug-likeness (QED) is 0.503. The van der Waals surface area contributed by atoms with E-state index in [0.717, 1.165) is 0 Å². The number of pyridine rings is 1. The summed E-state index contributed by atoms with van der Waals surface area (Å²) in [6.45, 7) is 7.51. The van der Waals surface area contributed by atoms with Crippen molar-refractivity contribution in [2.24, 2.45) is 10.7 Å². The van der Waals surface area contributed by atoms with E-state index in [1.54, 1.807) is 40.1 Å². The molecule has 0 aliphatic carbocycles. The van der Waals surface area contributed by atoms with E-state index >= 15 is 4.39 Å². The standard InChI is InChI=1S/C20H27F3N6O2S/c1-16(2)14-27-15(30)31-17(3,4)28-12-7-6-11(21)13(26-12)18(5,29-14)20(25-10-32(16)20)8-19(22,23)9-24/h6-7,10,25H,8-9,24H2,1-5H3,(H,26,28)(H,27,29,30)/t18-,20-,32-/m1/s1. The topological polar surface area (TPSA) is 114 Å². The van der Waals surface area contributed by atoms with Crippen molar-refractivity contribution in [1.82, 2.24) is 15.6 Å². The van der Waals surface area contributed by atoms with Crippen LogP contribution in [0.3, 0.4) is 0 Å². The van der Waals surface area contributed by atoms with Gasteiger partial charge in [0.2, 0.25) is 0 Å². The molecule has 0 radical (unpaired) electrons. The predicted molar refractivity (Wildman–Crippen MR) is 119 cm³/mol. The summed E-state index contributed by atoms with van der Waals surface area (Å²) >= 11 is 0. The van der Waals surface area contributed by atoms with Gasteiger partial charge in [-0.1, -0.05) is 0 Å². The number of amidine groups is 1. The Balaban J connectivity index is 2.02. The summed E-state index contributed by atoms with van der Waals surface area (Å²) in [5.41, 5.74) is 4.17. The number of aliphatic imine (C=N–C) groups is 1. The van der Waals surface area contributed by atoms with Crippen LogP contribution < -0.4 is 21.7 Å². The average molecular weight is 473 g/mol. The van der Waals surface area contributed by atoms with E-state index < -0.39 is 62.2 Å². The summed E-state index contributed by atoms with van der Waals surface area (Å²) in [5, 5.41) is 8.65. The summed E-state index contributed by atoms with van der Waals surface area (Å²) in [6, 6.07) is 2.59. The molecule has 5 N–H and O–H groups in total. The average Bonchev–Trinajstić information content (AvgIpc) is 2.64. The van der Waals surface area contributed by atoms with E-state index in [9.17, 15) is 13.6 Å². The van der Waals surface area contributed by atoms with E-state index in [1.807, 2.05) is 0 Å². The third kappa shape index (κ3) is 3.30. The number of nitrogens with zero attached hydrogens (tertiary/aromatic N) is 2. The third-order valence-electron chi connectivity index (χ3n) is 6.14. The second-order valence-corrected chi connectivity index (χ2v) is 12.0. The second-order valence-electron chi connectivity index (χ2n) is 9.38. The Morgan fingerprint density at radius 2 is 1.91 bits per heavy atom. The summed E-state index contributed by atoms with van der Waals surface area (Å²) in [7, 11) is -0.903. The molecule has 32 heavy (non-hydrogen) atoms. The lowest BCUT2D eigenvalue weighted by molar-refractivity contribution is -0.0207. The van der Waals surface area contributed by atoms with Crippen LogP contribution in [-0.4, -0.2) is 50.2 Å². The zero-order valence-electron chi connectivity index (χ0n) is 18.5. The van der Waals surface area contributed by atoms with E-state index in [1.165, 1.54) is 12.1 Å². The van der Waals surface area contributed by atoms with Crippen LogP contribution in [0.1, 0.15) is 46.7 Å². The smallest absolute Gasteiger partial charge is 0.414 e. The molecule has 8 nitrogen and oxygen atoms in total. The number of ether oxygens (including phenoxy) is 1. The first-order valence-corrected chi connectivity index (χ1v) is 11.4. The number of alkyl carbamates (subject to hydrolysis) is 1. The van der Waals surface area contributed by atoms with Crippen LogP contribution in [0, 0.1) is 5.82 Å². The molecule has 1 aromatic rings. The molecule has 1 amide bonds. The van der Waals surface area contributed by atoms with Crippen molar-refractivity contribution < 1.29 is 22.7 Å². The summed E-state index contributed by atoms with van der Waals surface area (Å²) in [6.07, 6.45) is -1.45. The molecule has 0 saturated carbocycles. The summed E-state index contributed by atoms with van der Waals surface area (Å²) < 4.78 is 49.3. The van der Waals surface area contributed by atoms with Crippen molar-refractivity contribution in [2.75, 3.05) is 11.9 Å². The first-order chi connectivity index (χ1) is 14.7. The molecule has 3 aliphatic rings. The molecule has 3 aliphatic heterocycles. The number of fused-ring (bicyclic) bond motifs is 6. The summed E-state index contributed by atoms with van der Waals surface area (Å²) in [5.74, 6) is -3.50. The number of aromatic nitrogens is 1. The predicted octanol–water partition coefficient (Wildman–Crippen LogP) is 2.83. The number of halogens is 3. The SMILES string of the molecule is CC1(C)Nc2ccc(F)c(n2)[C@@]2(C)N=C(NC(=O)O1)C(C)(C)[S@]1=CN[C@]12CC(F)(F)CN. The highest BCUT2D eigenvalue weighted by Gasteiger charge is 2.66. The van der Waals surface area contributed by atoms with Gasteiger partial charge in [0, 0.05) is 11.9 Å².